The Morgan fingerprint density at radius 2 is 1.95 bits per heavy atom. The maximum absolute atomic E-state index is 13.7. The Bertz CT molecular complexity index is 812. The number of rotatable bonds is 3. The molecule has 0 aliphatic carbocycles. The molecule has 112 valence electrons. The summed E-state index contributed by atoms with van der Waals surface area (Å²) in [6, 6.07) is 3.17. The predicted octanol–water partition coefficient (Wildman–Crippen LogP) is 2.81. The highest BCUT2D eigenvalue weighted by molar-refractivity contribution is 9.10. The van der Waals surface area contributed by atoms with Crippen LogP contribution in [0.1, 0.15) is 5.56 Å². The zero-order valence-corrected chi connectivity index (χ0v) is 13.1. The van der Waals surface area contributed by atoms with E-state index in [0.29, 0.717) is 16.1 Å². The summed E-state index contributed by atoms with van der Waals surface area (Å²) >= 11 is 3.19. The van der Waals surface area contributed by atoms with Crippen LogP contribution < -0.4 is 10.5 Å². The molecule has 21 heavy (non-hydrogen) atoms. The Hall–Kier alpha value is -1.74. The van der Waals surface area contributed by atoms with E-state index in [1.807, 2.05) is 0 Å². The van der Waals surface area contributed by atoms with Gasteiger partial charge in [-0.2, -0.15) is 0 Å². The topological polar surface area (TPSA) is 85.1 Å². The number of sulfonamides is 1. The van der Waals surface area contributed by atoms with Gasteiger partial charge < -0.3 is 5.73 Å². The predicted molar refractivity (Wildman–Crippen MR) is 78.3 cm³/mol. The van der Waals surface area contributed by atoms with E-state index in [2.05, 4.69) is 25.6 Å². The molecule has 0 fully saturated rings. The van der Waals surface area contributed by atoms with Crippen LogP contribution >= 0.6 is 15.9 Å². The fourth-order valence-electron chi connectivity index (χ4n) is 1.61. The molecule has 0 spiro atoms. The number of pyridine rings is 1. The molecule has 0 aliphatic heterocycles. The lowest BCUT2D eigenvalue weighted by atomic mass is 10.3. The first-order valence-electron chi connectivity index (χ1n) is 5.60. The van der Waals surface area contributed by atoms with Gasteiger partial charge >= 0.3 is 0 Å². The third kappa shape index (κ3) is 3.30. The fraction of sp³-hybridized carbons (Fsp3) is 0.0833. The molecule has 0 saturated heterocycles. The van der Waals surface area contributed by atoms with Gasteiger partial charge in [0, 0.05) is 16.4 Å². The molecular weight excluding hydrogens is 368 g/mol. The van der Waals surface area contributed by atoms with Crippen molar-refractivity contribution in [2.24, 2.45) is 0 Å². The lowest BCUT2D eigenvalue weighted by Crippen LogP contribution is -2.17. The maximum atomic E-state index is 13.7. The second kappa shape index (κ2) is 5.57. The SMILES string of the molecule is Cc1cc(Br)cnc1NS(=O)(=O)c1cc(N)cc(F)c1F. The van der Waals surface area contributed by atoms with E-state index in [1.165, 1.54) is 6.20 Å². The van der Waals surface area contributed by atoms with Crippen LogP contribution in [0.25, 0.3) is 0 Å². The number of hydrogen-bond donors (Lipinski definition) is 2. The van der Waals surface area contributed by atoms with E-state index >= 15 is 0 Å². The van der Waals surface area contributed by atoms with Gasteiger partial charge in [-0.05, 0) is 46.6 Å². The van der Waals surface area contributed by atoms with E-state index in [4.69, 9.17) is 5.73 Å². The minimum absolute atomic E-state index is 0.0143. The van der Waals surface area contributed by atoms with Gasteiger partial charge in [-0.3, -0.25) is 4.72 Å². The average Bonchev–Trinajstić information content (AvgIpc) is 2.37. The summed E-state index contributed by atoms with van der Waals surface area (Å²) in [5.74, 6) is -2.82. The zero-order chi connectivity index (χ0) is 15.8. The van der Waals surface area contributed by atoms with Gasteiger partial charge in [0.1, 0.15) is 10.7 Å². The monoisotopic (exact) mass is 377 g/mol. The first kappa shape index (κ1) is 15.6. The summed E-state index contributed by atoms with van der Waals surface area (Å²) in [6.07, 6.45) is 1.38. The Kier molecular flexibility index (Phi) is 4.15. The van der Waals surface area contributed by atoms with Crippen molar-refractivity contribution in [3.63, 3.8) is 0 Å². The van der Waals surface area contributed by atoms with Crippen molar-refractivity contribution in [2.75, 3.05) is 10.5 Å². The summed E-state index contributed by atoms with van der Waals surface area (Å²) in [6.45, 7) is 1.62. The van der Waals surface area contributed by atoms with Crippen LogP contribution in [0, 0.1) is 18.6 Å². The minimum atomic E-state index is -4.35. The van der Waals surface area contributed by atoms with Crippen LogP contribution in [0.4, 0.5) is 20.3 Å². The molecule has 0 unspecified atom stereocenters. The summed E-state index contributed by atoms with van der Waals surface area (Å²) < 4.78 is 54.0. The lowest BCUT2D eigenvalue weighted by molar-refractivity contribution is 0.486. The van der Waals surface area contributed by atoms with Gasteiger partial charge in [0.2, 0.25) is 0 Å². The first-order valence-corrected chi connectivity index (χ1v) is 7.88. The second-order valence-corrected chi connectivity index (χ2v) is 6.81. The lowest BCUT2D eigenvalue weighted by Gasteiger charge is -2.11. The molecule has 2 aromatic rings. The van der Waals surface area contributed by atoms with E-state index in [1.54, 1.807) is 13.0 Å². The molecule has 5 nitrogen and oxygen atoms in total. The number of nitrogens with two attached hydrogens (primary N) is 1. The molecule has 1 aromatic carbocycles. The van der Waals surface area contributed by atoms with Crippen LogP contribution in [-0.4, -0.2) is 13.4 Å². The number of aromatic nitrogens is 1. The van der Waals surface area contributed by atoms with Crippen molar-refractivity contribution in [1.82, 2.24) is 4.98 Å². The molecule has 1 aromatic heterocycles. The van der Waals surface area contributed by atoms with Crippen molar-refractivity contribution in [3.8, 4) is 0 Å². The van der Waals surface area contributed by atoms with Crippen LogP contribution in [0.15, 0.2) is 33.8 Å². The molecule has 0 radical (unpaired) electrons. The number of nitrogens with zero attached hydrogens (tertiary/aromatic N) is 1. The number of nitrogen functional groups attached to an aromatic ring is 1. The van der Waals surface area contributed by atoms with E-state index in [-0.39, 0.29) is 11.5 Å². The van der Waals surface area contributed by atoms with Crippen molar-refractivity contribution in [2.45, 2.75) is 11.8 Å². The smallest absolute Gasteiger partial charge is 0.266 e. The summed E-state index contributed by atoms with van der Waals surface area (Å²) in [4.78, 5) is 3.01. The second-order valence-electron chi connectivity index (χ2n) is 4.24. The highest BCUT2D eigenvalue weighted by atomic mass is 79.9. The molecule has 2 rings (SSSR count). The van der Waals surface area contributed by atoms with Gasteiger partial charge in [-0.1, -0.05) is 0 Å². The van der Waals surface area contributed by atoms with Gasteiger partial charge in [0.25, 0.3) is 10.0 Å². The number of benzene rings is 1. The third-order valence-corrected chi connectivity index (χ3v) is 4.35. The van der Waals surface area contributed by atoms with Gasteiger partial charge in [0.05, 0.1) is 0 Å². The highest BCUT2D eigenvalue weighted by Gasteiger charge is 2.23. The number of anilines is 2. The molecule has 9 heteroatoms. The van der Waals surface area contributed by atoms with Crippen LogP contribution in [0.3, 0.4) is 0 Å². The minimum Gasteiger partial charge on any atom is -0.399 e. The van der Waals surface area contributed by atoms with Crippen LogP contribution in [-0.2, 0) is 10.0 Å². The van der Waals surface area contributed by atoms with E-state index in [9.17, 15) is 17.2 Å². The van der Waals surface area contributed by atoms with Crippen molar-refractivity contribution in [1.29, 1.82) is 0 Å². The van der Waals surface area contributed by atoms with Gasteiger partial charge in [0.15, 0.2) is 11.6 Å². The molecule has 0 saturated carbocycles. The Morgan fingerprint density at radius 3 is 2.57 bits per heavy atom. The molecule has 3 N–H and O–H groups in total. The Morgan fingerprint density at radius 1 is 1.29 bits per heavy atom. The summed E-state index contributed by atoms with van der Waals surface area (Å²) in [7, 11) is -4.35. The number of halogens is 3. The molecule has 1 heterocycles. The van der Waals surface area contributed by atoms with Gasteiger partial charge in [-0.25, -0.2) is 22.2 Å². The first-order chi connectivity index (χ1) is 9.70. The summed E-state index contributed by atoms with van der Waals surface area (Å²) in [5.41, 5.74) is 5.66. The highest BCUT2D eigenvalue weighted by Crippen LogP contribution is 2.24. The number of aryl methyl sites for hydroxylation is 1. The van der Waals surface area contributed by atoms with Crippen LogP contribution in [0.2, 0.25) is 0 Å². The summed E-state index contributed by atoms with van der Waals surface area (Å²) in [5, 5.41) is 0. The quantitative estimate of drug-likeness (QED) is 0.805. The number of nitrogens with one attached hydrogen (secondary N) is 1. The Balaban J connectivity index is 2.48. The van der Waals surface area contributed by atoms with Gasteiger partial charge in [-0.15, -0.1) is 0 Å². The third-order valence-electron chi connectivity index (χ3n) is 2.58. The average molecular weight is 378 g/mol. The van der Waals surface area contributed by atoms with Crippen molar-refractivity contribution < 1.29 is 17.2 Å². The normalized spacial score (nSPS) is 11.4. The molecule has 0 amide bonds. The molecule has 0 aliphatic rings. The van der Waals surface area contributed by atoms with E-state index < -0.39 is 26.6 Å². The fourth-order valence-corrected chi connectivity index (χ4v) is 3.26. The number of hydrogen-bond acceptors (Lipinski definition) is 4. The molecular formula is C12H10BrF2N3O2S. The Labute approximate surface area is 128 Å². The maximum Gasteiger partial charge on any atom is 0.266 e. The van der Waals surface area contributed by atoms with Crippen molar-refractivity contribution >= 4 is 37.5 Å². The van der Waals surface area contributed by atoms with Crippen molar-refractivity contribution in [3.05, 3.63) is 46.1 Å². The van der Waals surface area contributed by atoms with E-state index in [0.717, 1.165) is 6.07 Å². The zero-order valence-electron chi connectivity index (χ0n) is 10.7. The molecule has 0 bridgehead atoms. The van der Waals surface area contributed by atoms with Crippen LogP contribution in [0.5, 0.6) is 0 Å². The largest absolute Gasteiger partial charge is 0.399 e. The molecule has 0 atom stereocenters. The standard InChI is InChI=1S/C12H10BrF2N3O2S/c1-6-2-7(13)5-17-12(6)18-21(19,20)10-4-8(16)3-9(14)11(10)15/h2-5H,16H2,1H3,(H,17,18).